The molecule has 0 atom stereocenters. The molecule has 0 fully saturated rings. The Labute approximate surface area is 181 Å². The summed E-state index contributed by atoms with van der Waals surface area (Å²) in [6.07, 6.45) is 1.83. The highest BCUT2D eigenvalue weighted by Gasteiger charge is 2.17. The standard InChI is InChI=1S/C20H27ClN4O3S/c1-7-8-25-18(22-23-20(25)29-13-14(2)21)12-24(3)11-15-9-16(26-4)19(28-6)17(10-15)27-5/h7,9-10H,1-2,8,11-13H2,3-6H3. The van der Waals surface area contributed by atoms with Crippen LogP contribution in [0.1, 0.15) is 11.4 Å². The van der Waals surface area contributed by atoms with Crippen molar-refractivity contribution in [2.24, 2.45) is 0 Å². The minimum absolute atomic E-state index is 0.573. The average Bonchev–Trinajstić information content (AvgIpc) is 3.07. The highest BCUT2D eigenvalue weighted by Crippen LogP contribution is 2.38. The Balaban J connectivity index is 2.17. The molecule has 0 saturated heterocycles. The van der Waals surface area contributed by atoms with Crippen LogP contribution in [0.15, 0.2) is 41.6 Å². The lowest BCUT2D eigenvalue weighted by Gasteiger charge is -2.19. The number of aromatic nitrogens is 3. The molecule has 0 aliphatic heterocycles. The third-order valence-corrected chi connectivity index (χ3v) is 5.40. The molecule has 29 heavy (non-hydrogen) atoms. The van der Waals surface area contributed by atoms with Gasteiger partial charge in [0.25, 0.3) is 0 Å². The van der Waals surface area contributed by atoms with Crippen molar-refractivity contribution in [2.75, 3.05) is 34.1 Å². The van der Waals surface area contributed by atoms with Crippen LogP contribution >= 0.6 is 23.4 Å². The first-order valence-electron chi connectivity index (χ1n) is 8.89. The van der Waals surface area contributed by atoms with E-state index in [1.54, 1.807) is 21.3 Å². The maximum Gasteiger partial charge on any atom is 0.203 e. The van der Waals surface area contributed by atoms with Crippen molar-refractivity contribution in [1.29, 1.82) is 0 Å². The van der Waals surface area contributed by atoms with Gasteiger partial charge in [0.2, 0.25) is 5.75 Å². The number of allylic oxidation sites excluding steroid dienone is 1. The van der Waals surface area contributed by atoms with E-state index < -0.39 is 0 Å². The van der Waals surface area contributed by atoms with Gasteiger partial charge in [-0.05, 0) is 24.7 Å². The molecule has 0 amide bonds. The molecule has 0 spiro atoms. The van der Waals surface area contributed by atoms with E-state index in [1.165, 1.54) is 11.8 Å². The molecule has 7 nitrogen and oxygen atoms in total. The van der Waals surface area contributed by atoms with Gasteiger partial charge in [-0.1, -0.05) is 36.0 Å². The number of thioether (sulfide) groups is 1. The third-order valence-electron chi connectivity index (χ3n) is 4.05. The molecule has 9 heteroatoms. The Bertz CT molecular complexity index is 831. The van der Waals surface area contributed by atoms with Crippen LogP contribution in [0.5, 0.6) is 17.2 Å². The molecule has 1 aromatic heterocycles. The van der Waals surface area contributed by atoms with Crippen LogP contribution in [0.4, 0.5) is 0 Å². The average molecular weight is 439 g/mol. The van der Waals surface area contributed by atoms with Gasteiger partial charge in [-0.3, -0.25) is 4.90 Å². The zero-order chi connectivity index (χ0) is 21.4. The van der Waals surface area contributed by atoms with E-state index in [0.717, 1.165) is 16.5 Å². The molecule has 0 aliphatic carbocycles. The van der Waals surface area contributed by atoms with E-state index in [-0.39, 0.29) is 0 Å². The number of rotatable bonds is 12. The highest BCUT2D eigenvalue weighted by molar-refractivity contribution is 7.99. The fourth-order valence-corrected chi connectivity index (χ4v) is 3.72. The van der Waals surface area contributed by atoms with Crippen LogP contribution in [0.25, 0.3) is 0 Å². The SMILES string of the molecule is C=CCn1c(CN(C)Cc2cc(OC)c(OC)c(OC)c2)nnc1SCC(=C)Cl. The first-order valence-corrected chi connectivity index (χ1v) is 10.3. The summed E-state index contributed by atoms with van der Waals surface area (Å²) in [6.45, 7) is 9.45. The summed E-state index contributed by atoms with van der Waals surface area (Å²) in [5, 5.41) is 10.0. The summed E-state index contributed by atoms with van der Waals surface area (Å²) in [6, 6.07) is 3.89. The van der Waals surface area contributed by atoms with Gasteiger partial charge in [0.15, 0.2) is 16.7 Å². The Kier molecular flexibility index (Phi) is 8.88. The van der Waals surface area contributed by atoms with Gasteiger partial charge in [0, 0.05) is 23.9 Å². The summed E-state index contributed by atoms with van der Waals surface area (Å²) in [5.41, 5.74) is 1.03. The van der Waals surface area contributed by atoms with E-state index >= 15 is 0 Å². The van der Waals surface area contributed by atoms with Gasteiger partial charge in [-0.2, -0.15) is 0 Å². The van der Waals surface area contributed by atoms with Crippen molar-refractivity contribution in [3.8, 4) is 17.2 Å². The smallest absolute Gasteiger partial charge is 0.203 e. The second-order valence-corrected chi connectivity index (χ2v) is 7.79. The Morgan fingerprint density at radius 2 is 1.83 bits per heavy atom. The first-order chi connectivity index (χ1) is 13.9. The predicted octanol–water partition coefficient (Wildman–Crippen LogP) is 3.97. The number of benzene rings is 1. The largest absolute Gasteiger partial charge is 0.493 e. The second-order valence-electron chi connectivity index (χ2n) is 6.31. The van der Waals surface area contributed by atoms with Crippen LogP contribution < -0.4 is 14.2 Å². The highest BCUT2D eigenvalue weighted by atomic mass is 35.5. The van der Waals surface area contributed by atoms with Crippen LogP contribution in [-0.2, 0) is 19.6 Å². The molecule has 1 heterocycles. The summed E-state index contributed by atoms with van der Waals surface area (Å²) in [7, 11) is 6.83. The van der Waals surface area contributed by atoms with E-state index in [9.17, 15) is 0 Å². The molecule has 0 bridgehead atoms. The van der Waals surface area contributed by atoms with Crippen LogP contribution in [0, 0.1) is 0 Å². The van der Waals surface area contributed by atoms with Crippen LogP contribution in [0.3, 0.4) is 0 Å². The number of hydrogen-bond donors (Lipinski definition) is 0. The molecule has 2 aromatic rings. The zero-order valence-corrected chi connectivity index (χ0v) is 18.8. The fourth-order valence-electron chi connectivity index (χ4n) is 2.83. The first kappa shape index (κ1) is 23.1. The molecule has 158 valence electrons. The lowest BCUT2D eigenvalue weighted by atomic mass is 10.1. The summed E-state index contributed by atoms with van der Waals surface area (Å²) >= 11 is 7.38. The number of hydrogen-bond acceptors (Lipinski definition) is 7. The van der Waals surface area contributed by atoms with Gasteiger partial charge in [0.1, 0.15) is 5.82 Å². The van der Waals surface area contributed by atoms with E-state index in [1.807, 2.05) is 29.8 Å². The molecule has 0 aliphatic rings. The second kappa shape index (κ2) is 11.1. The predicted molar refractivity (Wildman–Crippen MR) is 117 cm³/mol. The Morgan fingerprint density at radius 3 is 2.34 bits per heavy atom. The number of nitrogens with zero attached hydrogens (tertiary/aromatic N) is 4. The molecule has 2 rings (SSSR count). The van der Waals surface area contributed by atoms with Crippen molar-refractivity contribution < 1.29 is 14.2 Å². The number of halogens is 1. The van der Waals surface area contributed by atoms with Crippen molar-refractivity contribution in [2.45, 2.75) is 24.8 Å². The molecule has 0 N–H and O–H groups in total. The molecular weight excluding hydrogens is 412 g/mol. The Hall–Kier alpha value is -2.16. The van der Waals surface area contributed by atoms with Crippen molar-refractivity contribution in [1.82, 2.24) is 19.7 Å². The van der Waals surface area contributed by atoms with Crippen LogP contribution in [-0.4, -0.2) is 53.8 Å². The fraction of sp³-hybridized carbons (Fsp3) is 0.400. The topological polar surface area (TPSA) is 61.6 Å². The van der Waals surface area contributed by atoms with Crippen molar-refractivity contribution >= 4 is 23.4 Å². The maximum atomic E-state index is 5.88. The Morgan fingerprint density at radius 1 is 1.17 bits per heavy atom. The number of methoxy groups -OCH3 is 3. The molecule has 0 unspecified atom stereocenters. The lowest BCUT2D eigenvalue weighted by molar-refractivity contribution is 0.299. The molecule has 0 radical (unpaired) electrons. The minimum Gasteiger partial charge on any atom is -0.493 e. The summed E-state index contributed by atoms with van der Waals surface area (Å²) in [5.74, 6) is 3.27. The van der Waals surface area contributed by atoms with Gasteiger partial charge in [-0.25, -0.2) is 0 Å². The molecular formula is C20H27ClN4O3S. The van der Waals surface area contributed by atoms with Crippen molar-refractivity contribution in [3.63, 3.8) is 0 Å². The minimum atomic E-state index is 0.573. The van der Waals surface area contributed by atoms with E-state index in [0.29, 0.717) is 47.7 Å². The van der Waals surface area contributed by atoms with Gasteiger partial charge in [-0.15, -0.1) is 16.8 Å². The normalized spacial score (nSPS) is 10.8. The van der Waals surface area contributed by atoms with Gasteiger partial charge < -0.3 is 18.8 Å². The lowest BCUT2D eigenvalue weighted by Crippen LogP contribution is -2.20. The summed E-state index contributed by atoms with van der Waals surface area (Å²) < 4.78 is 18.3. The number of ether oxygens (including phenoxy) is 3. The quantitative estimate of drug-likeness (QED) is 0.367. The zero-order valence-electron chi connectivity index (χ0n) is 17.3. The summed E-state index contributed by atoms with van der Waals surface area (Å²) in [4.78, 5) is 2.14. The van der Waals surface area contributed by atoms with E-state index in [4.69, 9.17) is 25.8 Å². The molecule has 1 aromatic carbocycles. The van der Waals surface area contributed by atoms with Gasteiger partial charge in [0.05, 0.1) is 27.9 Å². The maximum absolute atomic E-state index is 5.88. The van der Waals surface area contributed by atoms with Crippen LogP contribution in [0.2, 0.25) is 0 Å². The monoisotopic (exact) mass is 438 g/mol. The van der Waals surface area contributed by atoms with Crippen molar-refractivity contribution in [3.05, 3.63) is 47.8 Å². The van der Waals surface area contributed by atoms with E-state index in [2.05, 4.69) is 28.3 Å². The molecule has 0 saturated carbocycles. The van der Waals surface area contributed by atoms with Gasteiger partial charge >= 0.3 is 0 Å². The third kappa shape index (κ3) is 6.16.